The summed E-state index contributed by atoms with van der Waals surface area (Å²) in [5.41, 5.74) is 3.03. The summed E-state index contributed by atoms with van der Waals surface area (Å²) in [4.78, 5) is 0. The van der Waals surface area contributed by atoms with Crippen LogP contribution in [-0.2, 0) is 11.3 Å². The summed E-state index contributed by atoms with van der Waals surface area (Å²) in [6.45, 7) is 4.24. The highest BCUT2D eigenvalue weighted by atomic mass is 35.5. The number of rotatable bonds is 6. The van der Waals surface area contributed by atoms with Gasteiger partial charge in [-0.25, -0.2) is 4.68 Å². The molecular formula is C14H18ClN3O. The molecule has 1 heterocycles. The van der Waals surface area contributed by atoms with E-state index in [4.69, 9.17) is 16.3 Å². The van der Waals surface area contributed by atoms with Crippen molar-refractivity contribution in [3.05, 3.63) is 46.7 Å². The van der Waals surface area contributed by atoms with Gasteiger partial charge in [-0.05, 0) is 30.7 Å². The lowest BCUT2D eigenvalue weighted by molar-refractivity contribution is 0.199. The molecule has 1 aromatic heterocycles. The molecule has 0 aliphatic carbocycles. The minimum absolute atomic E-state index is 0.703. The first-order valence-corrected chi connectivity index (χ1v) is 6.59. The third kappa shape index (κ3) is 3.80. The molecule has 0 aliphatic rings. The zero-order valence-electron chi connectivity index (χ0n) is 11.2. The van der Waals surface area contributed by atoms with Crippen LogP contribution in [0.1, 0.15) is 11.3 Å². The summed E-state index contributed by atoms with van der Waals surface area (Å²) in [6.07, 6.45) is 1.94. The van der Waals surface area contributed by atoms with Crippen molar-refractivity contribution < 1.29 is 4.74 Å². The quantitative estimate of drug-likeness (QED) is 0.826. The predicted molar refractivity (Wildman–Crippen MR) is 76.9 cm³/mol. The van der Waals surface area contributed by atoms with E-state index in [9.17, 15) is 0 Å². The second-order valence-electron chi connectivity index (χ2n) is 4.35. The van der Waals surface area contributed by atoms with Gasteiger partial charge in [0.15, 0.2) is 0 Å². The number of methoxy groups -OCH3 is 1. The van der Waals surface area contributed by atoms with E-state index in [1.807, 2.05) is 42.1 Å². The Hall–Kier alpha value is -1.36. The lowest BCUT2D eigenvalue weighted by Crippen LogP contribution is -2.18. The number of nitrogens with zero attached hydrogens (tertiary/aromatic N) is 2. The van der Waals surface area contributed by atoms with Crippen LogP contribution >= 0.6 is 11.6 Å². The van der Waals surface area contributed by atoms with Gasteiger partial charge in [-0.1, -0.05) is 17.7 Å². The second-order valence-corrected chi connectivity index (χ2v) is 4.76. The van der Waals surface area contributed by atoms with Crippen LogP contribution < -0.4 is 5.32 Å². The minimum atomic E-state index is 0.703. The fourth-order valence-corrected chi connectivity index (χ4v) is 1.89. The van der Waals surface area contributed by atoms with Gasteiger partial charge in [0.1, 0.15) is 0 Å². The molecule has 5 heteroatoms. The maximum absolute atomic E-state index is 6.12. The molecule has 1 N–H and O–H groups in total. The Bertz CT molecular complexity index is 539. The molecule has 0 bridgehead atoms. The van der Waals surface area contributed by atoms with Gasteiger partial charge < -0.3 is 10.1 Å². The standard InChI is InChI=1S/C14H18ClN3O/c1-11-3-4-13(9-14(11)15)18-7-5-12(17-18)10-16-6-8-19-2/h3-5,7,9,16H,6,8,10H2,1-2H3. The molecule has 0 unspecified atom stereocenters. The van der Waals surface area contributed by atoms with Gasteiger partial charge in [0, 0.05) is 31.4 Å². The molecule has 1 aromatic carbocycles. The van der Waals surface area contributed by atoms with E-state index in [0.29, 0.717) is 6.61 Å². The molecule has 0 amide bonds. The Morgan fingerprint density at radius 2 is 2.21 bits per heavy atom. The Balaban J connectivity index is 2.01. The Morgan fingerprint density at radius 3 is 2.95 bits per heavy atom. The summed E-state index contributed by atoms with van der Waals surface area (Å²) >= 11 is 6.12. The van der Waals surface area contributed by atoms with Crippen molar-refractivity contribution in [2.24, 2.45) is 0 Å². The summed E-state index contributed by atoms with van der Waals surface area (Å²) in [5, 5.41) is 8.52. The second kappa shape index (κ2) is 6.70. The molecule has 0 fully saturated rings. The molecule has 4 nitrogen and oxygen atoms in total. The highest BCUT2D eigenvalue weighted by molar-refractivity contribution is 6.31. The van der Waals surface area contributed by atoms with E-state index in [1.54, 1.807) is 7.11 Å². The van der Waals surface area contributed by atoms with Gasteiger partial charge in [-0.2, -0.15) is 5.10 Å². The van der Waals surface area contributed by atoms with E-state index in [2.05, 4.69) is 10.4 Å². The molecule has 0 spiro atoms. The lowest BCUT2D eigenvalue weighted by Gasteiger charge is -2.04. The number of hydrogen-bond donors (Lipinski definition) is 1. The average molecular weight is 280 g/mol. The smallest absolute Gasteiger partial charge is 0.0766 e. The predicted octanol–water partition coefficient (Wildman–Crippen LogP) is 2.57. The van der Waals surface area contributed by atoms with Gasteiger partial charge in [-0.15, -0.1) is 0 Å². The van der Waals surface area contributed by atoms with Crippen LogP contribution in [0.3, 0.4) is 0 Å². The summed E-state index contributed by atoms with van der Waals surface area (Å²) in [7, 11) is 1.69. The van der Waals surface area contributed by atoms with Crippen molar-refractivity contribution in [3.8, 4) is 5.69 Å². The maximum Gasteiger partial charge on any atom is 0.0766 e. The van der Waals surface area contributed by atoms with Crippen molar-refractivity contribution in [1.29, 1.82) is 0 Å². The molecule has 19 heavy (non-hydrogen) atoms. The first-order chi connectivity index (χ1) is 9.20. The molecule has 102 valence electrons. The maximum atomic E-state index is 6.12. The number of aromatic nitrogens is 2. The fraction of sp³-hybridized carbons (Fsp3) is 0.357. The van der Waals surface area contributed by atoms with E-state index in [0.717, 1.165) is 35.1 Å². The van der Waals surface area contributed by atoms with Crippen LogP contribution in [0.25, 0.3) is 5.69 Å². The first kappa shape index (κ1) is 14.1. The van der Waals surface area contributed by atoms with Gasteiger partial charge in [0.2, 0.25) is 0 Å². The van der Waals surface area contributed by atoms with Crippen LogP contribution in [0.5, 0.6) is 0 Å². The minimum Gasteiger partial charge on any atom is -0.383 e. The number of hydrogen-bond acceptors (Lipinski definition) is 3. The third-order valence-electron chi connectivity index (χ3n) is 2.85. The van der Waals surface area contributed by atoms with Crippen LogP contribution in [0.2, 0.25) is 5.02 Å². The van der Waals surface area contributed by atoms with Gasteiger partial charge in [0.25, 0.3) is 0 Å². The summed E-state index contributed by atoms with van der Waals surface area (Å²) < 4.78 is 6.81. The van der Waals surface area contributed by atoms with E-state index < -0.39 is 0 Å². The number of halogens is 1. The molecule has 0 aliphatic heterocycles. The van der Waals surface area contributed by atoms with Crippen molar-refractivity contribution >= 4 is 11.6 Å². The number of aryl methyl sites for hydroxylation is 1. The number of ether oxygens (including phenoxy) is 1. The van der Waals surface area contributed by atoms with Crippen molar-refractivity contribution in [1.82, 2.24) is 15.1 Å². The van der Waals surface area contributed by atoms with Crippen LogP contribution in [-0.4, -0.2) is 30.0 Å². The Kier molecular flexibility index (Phi) is 4.96. The highest BCUT2D eigenvalue weighted by Crippen LogP contribution is 2.19. The third-order valence-corrected chi connectivity index (χ3v) is 3.26. The van der Waals surface area contributed by atoms with Gasteiger partial charge in [0.05, 0.1) is 18.0 Å². The Morgan fingerprint density at radius 1 is 1.37 bits per heavy atom. The molecule has 0 radical (unpaired) electrons. The zero-order chi connectivity index (χ0) is 13.7. The zero-order valence-corrected chi connectivity index (χ0v) is 11.9. The number of nitrogens with one attached hydrogen (secondary N) is 1. The van der Waals surface area contributed by atoms with Crippen LogP contribution in [0.15, 0.2) is 30.5 Å². The van der Waals surface area contributed by atoms with Crippen LogP contribution in [0.4, 0.5) is 0 Å². The van der Waals surface area contributed by atoms with Gasteiger partial charge in [-0.3, -0.25) is 0 Å². The van der Waals surface area contributed by atoms with Gasteiger partial charge >= 0.3 is 0 Å². The van der Waals surface area contributed by atoms with E-state index in [1.165, 1.54) is 0 Å². The van der Waals surface area contributed by atoms with Crippen molar-refractivity contribution in [2.75, 3.05) is 20.3 Å². The van der Waals surface area contributed by atoms with Crippen molar-refractivity contribution in [2.45, 2.75) is 13.5 Å². The lowest BCUT2D eigenvalue weighted by atomic mass is 10.2. The average Bonchev–Trinajstić information content (AvgIpc) is 2.87. The first-order valence-electron chi connectivity index (χ1n) is 6.21. The van der Waals surface area contributed by atoms with E-state index >= 15 is 0 Å². The monoisotopic (exact) mass is 279 g/mol. The Labute approximate surface area is 118 Å². The molecule has 0 saturated carbocycles. The number of benzene rings is 1. The van der Waals surface area contributed by atoms with Crippen molar-refractivity contribution in [3.63, 3.8) is 0 Å². The molecule has 2 rings (SSSR count). The highest BCUT2D eigenvalue weighted by Gasteiger charge is 2.03. The normalized spacial score (nSPS) is 10.9. The molecule has 0 atom stereocenters. The summed E-state index contributed by atoms with van der Waals surface area (Å²) in [5.74, 6) is 0. The van der Waals surface area contributed by atoms with E-state index in [-0.39, 0.29) is 0 Å². The SMILES string of the molecule is COCCNCc1ccn(-c2ccc(C)c(Cl)c2)n1. The molecule has 2 aromatic rings. The molecular weight excluding hydrogens is 262 g/mol. The topological polar surface area (TPSA) is 39.1 Å². The molecule has 0 saturated heterocycles. The largest absolute Gasteiger partial charge is 0.383 e. The van der Waals surface area contributed by atoms with Crippen LogP contribution in [0, 0.1) is 6.92 Å². The fourth-order valence-electron chi connectivity index (χ4n) is 1.71. The summed E-state index contributed by atoms with van der Waals surface area (Å²) in [6, 6.07) is 7.92.